The Labute approximate surface area is 186 Å². The van der Waals surface area contributed by atoms with Crippen LogP contribution in [0.2, 0.25) is 0 Å². The lowest BCUT2D eigenvalue weighted by Crippen LogP contribution is -2.15. The number of carbonyl (C=O) groups excluding carboxylic acids is 1. The average molecular weight is 444 g/mol. The van der Waals surface area contributed by atoms with Crippen LogP contribution in [0.1, 0.15) is 17.9 Å². The van der Waals surface area contributed by atoms with Crippen LogP contribution in [0.3, 0.4) is 0 Å². The first kappa shape index (κ1) is 20.2. The summed E-state index contributed by atoms with van der Waals surface area (Å²) in [6.07, 6.45) is 2.27. The van der Waals surface area contributed by atoms with Crippen molar-refractivity contribution in [2.75, 3.05) is 10.0 Å². The molecule has 1 unspecified atom stereocenters. The van der Waals surface area contributed by atoms with Crippen molar-refractivity contribution < 1.29 is 13.2 Å². The smallest absolute Gasteiger partial charge is 0.263 e. The third-order valence-electron chi connectivity index (χ3n) is 5.67. The Morgan fingerprint density at radius 1 is 0.875 bits per heavy atom. The summed E-state index contributed by atoms with van der Waals surface area (Å²) in [5, 5.41) is 5.21. The highest BCUT2D eigenvalue weighted by atomic mass is 32.2. The third kappa shape index (κ3) is 4.20. The molecule has 0 aliphatic heterocycles. The molecule has 3 aromatic carbocycles. The number of hydrogen-bond acceptors (Lipinski definition) is 4. The van der Waals surface area contributed by atoms with Crippen molar-refractivity contribution in [2.45, 2.75) is 17.2 Å². The molecule has 1 saturated carbocycles. The minimum Gasteiger partial charge on any atom is -0.326 e. The van der Waals surface area contributed by atoms with Crippen LogP contribution in [-0.4, -0.2) is 19.3 Å². The van der Waals surface area contributed by atoms with Gasteiger partial charge >= 0.3 is 0 Å². The number of sulfonamides is 1. The Balaban J connectivity index is 1.24. The molecule has 1 amide bonds. The number of carbonyl (C=O) groups is 1. The fourth-order valence-electron chi connectivity index (χ4n) is 3.87. The van der Waals surface area contributed by atoms with Crippen molar-refractivity contribution in [3.63, 3.8) is 0 Å². The molecule has 4 aromatic rings. The molecule has 1 aromatic heterocycles. The van der Waals surface area contributed by atoms with Crippen LogP contribution in [0.15, 0.2) is 96.0 Å². The van der Waals surface area contributed by atoms with Crippen molar-refractivity contribution in [1.82, 2.24) is 4.98 Å². The van der Waals surface area contributed by atoms with Crippen LogP contribution >= 0.6 is 0 Å². The second kappa shape index (κ2) is 8.09. The fraction of sp³-hybridized carbons (Fsp3) is 0.120. The monoisotopic (exact) mass is 443 g/mol. The maximum Gasteiger partial charge on any atom is 0.263 e. The van der Waals surface area contributed by atoms with E-state index in [0.29, 0.717) is 0 Å². The molecule has 7 heteroatoms. The van der Waals surface area contributed by atoms with Crippen molar-refractivity contribution in [3.05, 3.63) is 96.7 Å². The summed E-state index contributed by atoms with van der Waals surface area (Å²) in [4.78, 5) is 16.8. The number of benzene rings is 3. The lowest BCUT2D eigenvalue weighted by molar-refractivity contribution is -0.117. The van der Waals surface area contributed by atoms with Gasteiger partial charge in [-0.3, -0.25) is 9.52 Å². The summed E-state index contributed by atoms with van der Waals surface area (Å²) >= 11 is 0. The highest BCUT2D eigenvalue weighted by Gasteiger charge is 2.44. The molecule has 2 N–H and O–H groups in total. The largest absolute Gasteiger partial charge is 0.326 e. The fourth-order valence-corrected chi connectivity index (χ4v) is 4.88. The zero-order valence-electron chi connectivity index (χ0n) is 17.1. The molecule has 5 rings (SSSR count). The number of hydrogen-bond donors (Lipinski definition) is 2. The number of pyridine rings is 1. The maximum absolute atomic E-state index is 12.7. The van der Waals surface area contributed by atoms with Gasteiger partial charge in [0.05, 0.1) is 4.90 Å². The maximum atomic E-state index is 12.7. The van der Waals surface area contributed by atoms with Crippen LogP contribution in [0.5, 0.6) is 0 Å². The lowest BCUT2D eigenvalue weighted by atomic mass is 10.1. The molecule has 32 heavy (non-hydrogen) atoms. The number of aromatic nitrogens is 1. The van der Waals surface area contributed by atoms with Crippen LogP contribution in [0.4, 0.5) is 11.5 Å². The normalized spacial score (nSPS) is 17.6. The Kier molecular flexibility index (Phi) is 5.11. The van der Waals surface area contributed by atoms with Gasteiger partial charge in [-0.2, -0.15) is 0 Å². The molecule has 1 aliphatic carbocycles. The van der Waals surface area contributed by atoms with Crippen LogP contribution in [0, 0.1) is 5.92 Å². The number of rotatable bonds is 6. The number of nitrogens with one attached hydrogen (secondary N) is 2. The van der Waals surface area contributed by atoms with E-state index in [9.17, 15) is 13.2 Å². The van der Waals surface area contributed by atoms with Crippen LogP contribution < -0.4 is 10.0 Å². The molecule has 1 fully saturated rings. The van der Waals surface area contributed by atoms with Crippen molar-refractivity contribution in [2.24, 2.45) is 5.92 Å². The van der Waals surface area contributed by atoms with Gasteiger partial charge in [-0.15, -0.1) is 0 Å². The average Bonchev–Trinajstić information content (AvgIpc) is 3.61. The zero-order chi connectivity index (χ0) is 22.1. The Bertz CT molecular complexity index is 1390. The summed E-state index contributed by atoms with van der Waals surface area (Å²) in [7, 11) is -3.72. The highest BCUT2D eigenvalue weighted by Crippen LogP contribution is 2.48. The van der Waals surface area contributed by atoms with E-state index in [1.165, 1.54) is 6.20 Å². The number of fused-ring (bicyclic) bond motifs is 1. The van der Waals surface area contributed by atoms with Gasteiger partial charge in [0.25, 0.3) is 10.0 Å². The first-order valence-corrected chi connectivity index (χ1v) is 11.8. The van der Waals surface area contributed by atoms with Crippen molar-refractivity contribution in [1.29, 1.82) is 0 Å². The van der Waals surface area contributed by atoms with E-state index in [2.05, 4.69) is 15.0 Å². The van der Waals surface area contributed by atoms with Crippen LogP contribution in [-0.2, 0) is 14.8 Å². The van der Waals surface area contributed by atoms with Gasteiger partial charge in [0.15, 0.2) is 0 Å². The summed E-state index contributed by atoms with van der Waals surface area (Å²) in [6, 6.07) is 25.6. The Morgan fingerprint density at radius 2 is 1.62 bits per heavy atom. The molecule has 0 saturated heterocycles. The quantitative estimate of drug-likeness (QED) is 0.449. The summed E-state index contributed by atoms with van der Waals surface area (Å²) in [5.74, 6) is 0.231. The first-order valence-electron chi connectivity index (χ1n) is 10.3. The molecule has 160 valence electrons. The van der Waals surface area contributed by atoms with Gasteiger partial charge < -0.3 is 5.32 Å². The molecule has 0 spiro atoms. The minimum absolute atomic E-state index is 0.0150. The van der Waals surface area contributed by atoms with Gasteiger partial charge in [0, 0.05) is 17.8 Å². The zero-order valence-corrected chi connectivity index (χ0v) is 17.9. The highest BCUT2D eigenvalue weighted by molar-refractivity contribution is 7.92. The molecular formula is C25H21N3O3S. The van der Waals surface area contributed by atoms with Gasteiger partial charge in [-0.25, -0.2) is 13.4 Å². The van der Waals surface area contributed by atoms with Gasteiger partial charge in [0.2, 0.25) is 5.91 Å². The topological polar surface area (TPSA) is 88.2 Å². The van der Waals surface area contributed by atoms with E-state index in [-0.39, 0.29) is 28.5 Å². The van der Waals surface area contributed by atoms with E-state index in [0.717, 1.165) is 28.4 Å². The second-order valence-corrected chi connectivity index (χ2v) is 9.57. The summed E-state index contributed by atoms with van der Waals surface area (Å²) < 4.78 is 27.6. The van der Waals surface area contributed by atoms with Gasteiger partial charge in [-0.1, -0.05) is 48.5 Å². The summed E-state index contributed by atoms with van der Waals surface area (Å²) in [6.45, 7) is 0. The third-order valence-corrected chi connectivity index (χ3v) is 7.04. The van der Waals surface area contributed by atoms with Crippen LogP contribution in [0.25, 0.3) is 10.8 Å². The molecule has 1 aliphatic rings. The predicted molar refractivity (Wildman–Crippen MR) is 125 cm³/mol. The molecule has 0 radical (unpaired) electrons. The number of amides is 1. The minimum atomic E-state index is -3.72. The molecule has 1 heterocycles. The van der Waals surface area contributed by atoms with E-state index >= 15 is 0 Å². The number of anilines is 2. The summed E-state index contributed by atoms with van der Waals surface area (Å²) in [5.41, 5.74) is 1.74. The van der Waals surface area contributed by atoms with Crippen molar-refractivity contribution >= 4 is 38.2 Å². The van der Waals surface area contributed by atoms with E-state index in [4.69, 9.17) is 0 Å². The standard InChI is InChI=1S/C25H21N3O3S/c29-25(27-20-11-8-17-5-1-2-6-19(17)15-20)23-16-22(23)18-9-12-21(13-10-18)32(30,31)28-24-7-3-4-14-26-24/h1-15,22-23H,16H2,(H,26,28)(H,27,29)/t22?,23-/m1/s1. The second-order valence-electron chi connectivity index (χ2n) is 7.89. The molecule has 0 bridgehead atoms. The Morgan fingerprint density at radius 3 is 2.38 bits per heavy atom. The van der Waals surface area contributed by atoms with E-state index < -0.39 is 10.0 Å². The van der Waals surface area contributed by atoms with E-state index in [1.54, 1.807) is 42.5 Å². The van der Waals surface area contributed by atoms with Gasteiger partial charge in [-0.05, 0) is 65.1 Å². The SMILES string of the molecule is O=C(Nc1ccc2ccccc2c1)[C@@H]1CC1c1ccc(S(=O)(=O)Nc2ccccn2)cc1. The molecule has 2 atom stereocenters. The molecular weight excluding hydrogens is 422 g/mol. The van der Waals surface area contributed by atoms with E-state index in [1.807, 2.05) is 42.5 Å². The van der Waals surface area contributed by atoms with Gasteiger partial charge in [0.1, 0.15) is 5.82 Å². The first-order chi connectivity index (χ1) is 15.5. The molecule has 6 nitrogen and oxygen atoms in total. The predicted octanol–water partition coefficient (Wildman–Crippen LogP) is 4.78. The number of nitrogens with zero attached hydrogens (tertiary/aromatic N) is 1. The lowest BCUT2D eigenvalue weighted by Gasteiger charge is -2.09. The Hall–Kier alpha value is -3.71. The van der Waals surface area contributed by atoms with Crippen molar-refractivity contribution in [3.8, 4) is 0 Å².